The van der Waals surface area contributed by atoms with E-state index in [9.17, 15) is 9.59 Å². The zero-order valence-electron chi connectivity index (χ0n) is 18.0. The molecule has 3 aromatic rings. The highest BCUT2D eigenvalue weighted by Crippen LogP contribution is 2.26. The number of aromatic nitrogens is 2. The molecule has 8 heteroatoms. The van der Waals surface area contributed by atoms with Gasteiger partial charge in [-0.3, -0.25) is 4.79 Å². The fraction of sp³-hybridized carbons (Fsp3) is 0.261. The molecule has 2 aromatic carbocycles. The molecule has 0 aliphatic heterocycles. The molecule has 0 saturated heterocycles. The molecule has 3 N–H and O–H groups in total. The average molecular weight is 422 g/mol. The van der Waals surface area contributed by atoms with E-state index in [0.29, 0.717) is 11.4 Å². The molecule has 0 spiro atoms. The minimum atomic E-state index is -0.608. The van der Waals surface area contributed by atoms with Crippen LogP contribution in [0.25, 0.3) is 16.9 Å². The summed E-state index contributed by atoms with van der Waals surface area (Å²) >= 11 is 0. The monoisotopic (exact) mass is 422 g/mol. The maximum absolute atomic E-state index is 11.8. The number of hydrogen-bond donors (Lipinski definition) is 2. The Hall–Kier alpha value is -3.81. The number of nitrogens with one attached hydrogen (secondary N) is 1. The number of benzene rings is 2. The third-order valence-electron chi connectivity index (χ3n) is 4.38. The second kappa shape index (κ2) is 8.91. The van der Waals surface area contributed by atoms with E-state index < -0.39 is 12.0 Å². The first-order chi connectivity index (χ1) is 14.7. The zero-order valence-corrected chi connectivity index (χ0v) is 18.0. The SMILES string of the molecule is COc1ccc(-n2nc(C(N)=O)cc2-c2ccc(COC(=O)NC(C)(C)C)cc2)cc1. The van der Waals surface area contributed by atoms with E-state index in [2.05, 4.69) is 10.4 Å². The van der Waals surface area contributed by atoms with Gasteiger partial charge in [-0.15, -0.1) is 0 Å². The van der Waals surface area contributed by atoms with Crippen molar-refractivity contribution in [2.24, 2.45) is 5.73 Å². The summed E-state index contributed by atoms with van der Waals surface area (Å²) in [7, 11) is 1.59. The van der Waals surface area contributed by atoms with Gasteiger partial charge in [0, 0.05) is 11.1 Å². The van der Waals surface area contributed by atoms with Gasteiger partial charge in [-0.05, 0) is 56.7 Å². The molecule has 162 valence electrons. The topological polar surface area (TPSA) is 108 Å². The van der Waals surface area contributed by atoms with E-state index in [1.54, 1.807) is 17.9 Å². The van der Waals surface area contributed by atoms with Crippen molar-refractivity contribution in [2.45, 2.75) is 32.9 Å². The van der Waals surface area contributed by atoms with Gasteiger partial charge in [0.25, 0.3) is 5.91 Å². The first-order valence-electron chi connectivity index (χ1n) is 9.75. The maximum atomic E-state index is 11.8. The van der Waals surface area contributed by atoms with Crippen LogP contribution >= 0.6 is 0 Å². The first-order valence-corrected chi connectivity index (χ1v) is 9.75. The summed E-state index contributed by atoms with van der Waals surface area (Å²) in [4.78, 5) is 23.5. The number of methoxy groups -OCH3 is 1. The van der Waals surface area contributed by atoms with Crippen LogP contribution in [0.15, 0.2) is 54.6 Å². The van der Waals surface area contributed by atoms with Crippen molar-refractivity contribution in [3.8, 4) is 22.7 Å². The third kappa shape index (κ3) is 5.63. The summed E-state index contributed by atoms with van der Waals surface area (Å²) in [6.07, 6.45) is -0.472. The standard InChI is InChI=1S/C23H26N4O4/c1-23(2,3)25-22(29)31-14-15-5-7-16(8-6-15)20-13-19(21(24)28)26-27(20)17-9-11-18(30-4)12-10-17/h5-13H,14H2,1-4H3,(H2,24,28)(H,25,29). The van der Waals surface area contributed by atoms with Gasteiger partial charge in [-0.2, -0.15) is 5.10 Å². The Bertz CT molecular complexity index is 1060. The summed E-state index contributed by atoms with van der Waals surface area (Å²) in [6, 6.07) is 16.4. The predicted octanol–water partition coefficient (Wildman–Crippen LogP) is 3.67. The van der Waals surface area contributed by atoms with E-state index >= 15 is 0 Å². The molecule has 0 bridgehead atoms. The van der Waals surface area contributed by atoms with E-state index in [4.69, 9.17) is 15.2 Å². The highest BCUT2D eigenvalue weighted by Gasteiger charge is 2.16. The Morgan fingerprint density at radius 3 is 2.26 bits per heavy atom. The Kier molecular flexibility index (Phi) is 6.29. The molecule has 0 aliphatic rings. The van der Waals surface area contributed by atoms with Crippen LogP contribution in [0.4, 0.5) is 4.79 Å². The van der Waals surface area contributed by atoms with Gasteiger partial charge in [0.15, 0.2) is 5.69 Å². The number of primary amides is 1. The lowest BCUT2D eigenvalue weighted by molar-refractivity contribution is 0.0995. The number of carbonyl (C=O) groups excluding carboxylic acids is 2. The van der Waals surface area contributed by atoms with Crippen molar-refractivity contribution in [1.29, 1.82) is 0 Å². The maximum Gasteiger partial charge on any atom is 0.407 e. The van der Waals surface area contributed by atoms with Crippen LogP contribution in [0.3, 0.4) is 0 Å². The molecular weight excluding hydrogens is 396 g/mol. The van der Waals surface area contributed by atoms with Crippen molar-refractivity contribution in [3.05, 3.63) is 65.9 Å². The van der Waals surface area contributed by atoms with Crippen LogP contribution in [0, 0.1) is 0 Å². The molecule has 0 atom stereocenters. The summed E-state index contributed by atoms with van der Waals surface area (Å²) in [5, 5.41) is 7.10. The van der Waals surface area contributed by atoms with Gasteiger partial charge in [-0.1, -0.05) is 24.3 Å². The Morgan fingerprint density at radius 2 is 1.71 bits per heavy atom. The van der Waals surface area contributed by atoms with Gasteiger partial charge in [0.1, 0.15) is 12.4 Å². The number of alkyl carbamates (subject to hydrolysis) is 1. The van der Waals surface area contributed by atoms with Crippen LogP contribution in [0.1, 0.15) is 36.8 Å². The normalized spacial score (nSPS) is 11.1. The van der Waals surface area contributed by atoms with Crippen LogP contribution < -0.4 is 15.8 Å². The number of nitrogens with two attached hydrogens (primary N) is 1. The molecule has 1 heterocycles. The van der Waals surface area contributed by atoms with E-state index in [1.807, 2.05) is 69.3 Å². The largest absolute Gasteiger partial charge is 0.497 e. The molecule has 0 aliphatic carbocycles. The average Bonchev–Trinajstić information content (AvgIpc) is 3.17. The molecule has 2 amide bonds. The molecule has 3 rings (SSSR count). The minimum Gasteiger partial charge on any atom is -0.497 e. The summed E-state index contributed by atoms with van der Waals surface area (Å²) in [6.45, 7) is 5.80. The minimum absolute atomic E-state index is 0.145. The second-order valence-electron chi connectivity index (χ2n) is 8.04. The number of nitrogens with zero attached hydrogens (tertiary/aromatic N) is 2. The number of ether oxygens (including phenoxy) is 2. The highest BCUT2D eigenvalue weighted by molar-refractivity contribution is 5.92. The predicted molar refractivity (Wildman–Crippen MR) is 117 cm³/mol. The van der Waals surface area contributed by atoms with Crippen molar-refractivity contribution < 1.29 is 19.1 Å². The van der Waals surface area contributed by atoms with E-state index in [-0.39, 0.29) is 17.8 Å². The van der Waals surface area contributed by atoms with Gasteiger partial charge in [0.2, 0.25) is 0 Å². The Labute approximate surface area is 181 Å². The quantitative estimate of drug-likeness (QED) is 0.630. The number of rotatable bonds is 6. The smallest absolute Gasteiger partial charge is 0.407 e. The first kappa shape index (κ1) is 21.9. The molecule has 0 saturated carbocycles. The van der Waals surface area contributed by atoms with Crippen molar-refractivity contribution in [2.75, 3.05) is 7.11 Å². The molecular formula is C23H26N4O4. The summed E-state index contributed by atoms with van der Waals surface area (Å²) in [5.41, 5.74) is 8.37. The van der Waals surface area contributed by atoms with E-state index in [0.717, 1.165) is 16.8 Å². The second-order valence-corrected chi connectivity index (χ2v) is 8.04. The number of carbonyl (C=O) groups is 2. The lowest BCUT2D eigenvalue weighted by Crippen LogP contribution is -2.40. The Balaban J connectivity index is 1.83. The van der Waals surface area contributed by atoms with Gasteiger partial charge in [0.05, 0.1) is 18.5 Å². The number of amides is 2. The van der Waals surface area contributed by atoms with Gasteiger partial charge in [-0.25, -0.2) is 9.48 Å². The van der Waals surface area contributed by atoms with Crippen LogP contribution in [-0.4, -0.2) is 34.4 Å². The fourth-order valence-electron chi connectivity index (χ4n) is 2.89. The molecule has 1 aromatic heterocycles. The summed E-state index contributed by atoms with van der Waals surface area (Å²) < 4.78 is 12.1. The number of hydrogen-bond acceptors (Lipinski definition) is 5. The molecule has 8 nitrogen and oxygen atoms in total. The van der Waals surface area contributed by atoms with Crippen LogP contribution in [-0.2, 0) is 11.3 Å². The molecule has 31 heavy (non-hydrogen) atoms. The van der Waals surface area contributed by atoms with Crippen molar-refractivity contribution >= 4 is 12.0 Å². The Morgan fingerprint density at radius 1 is 1.06 bits per heavy atom. The molecule has 0 radical (unpaired) electrons. The van der Waals surface area contributed by atoms with Crippen molar-refractivity contribution in [3.63, 3.8) is 0 Å². The third-order valence-corrected chi connectivity index (χ3v) is 4.38. The molecule has 0 unspecified atom stereocenters. The van der Waals surface area contributed by atoms with Crippen LogP contribution in [0.5, 0.6) is 5.75 Å². The lowest BCUT2D eigenvalue weighted by atomic mass is 10.1. The molecule has 0 fully saturated rings. The highest BCUT2D eigenvalue weighted by atomic mass is 16.5. The zero-order chi connectivity index (χ0) is 22.6. The van der Waals surface area contributed by atoms with Gasteiger partial charge < -0.3 is 20.5 Å². The summed E-state index contributed by atoms with van der Waals surface area (Å²) in [5.74, 6) is 0.107. The van der Waals surface area contributed by atoms with Gasteiger partial charge >= 0.3 is 6.09 Å². The fourth-order valence-corrected chi connectivity index (χ4v) is 2.89. The lowest BCUT2D eigenvalue weighted by Gasteiger charge is -2.20. The van der Waals surface area contributed by atoms with Crippen molar-refractivity contribution in [1.82, 2.24) is 15.1 Å². The van der Waals surface area contributed by atoms with E-state index in [1.165, 1.54) is 0 Å². The van der Waals surface area contributed by atoms with Crippen LogP contribution in [0.2, 0.25) is 0 Å².